The van der Waals surface area contributed by atoms with E-state index in [1.54, 1.807) is 0 Å². The molecule has 3 atom stereocenters. The van der Waals surface area contributed by atoms with Crippen LogP contribution in [0.5, 0.6) is 5.75 Å². The van der Waals surface area contributed by atoms with Gasteiger partial charge < -0.3 is 19.7 Å². The predicted octanol–water partition coefficient (Wildman–Crippen LogP) is 6.71. The lowest BCUT2D eigenvalue weighted by Gasteiger charge is -2.35. The molecule has 39 heavy (non-hydrogen) atoms. The number of ether oxygens (including phenoxy) is 2. The van der Waals surface area contributed by atoms with Gasteiger partial charge in [0.2, 0.25) is 0 Å². The van der Waals surface area contributed by atoms with Crippen molar-refractivity contribution in [3.8, 4) is 5.75 Å². The number of fused-ring (bicyclic) bond motifs is 1. The van der Waals surface area contributed by atoms with Crippen LogP contribution in [0, 0.1) is 18.3 Å². The molecule has 1 aromatic carbocycles. The molecular formula is C33H51NO5. The number of carboxylic acid groups (broad SMARTS) is 1. The van der Waals surface area contributed by atoms with E-state index in [1.807, 2.05) is 40.7 Å². The van der Waals surface area contributed by atoms with E-state index < -0.39 is 12.1 Å². The van der Waals surface area contributed by atoms with E-state index in [2.05, 4.69) is 63.4 Å². The van der Waals surface area contributed by atoms with E-state index in [0.717, 1.165) is 41.9 Å². The van der Waals surface area contributed by atoms with Crippen LogP contribution in [0.25, 0.3) is 0 Å². The van der Waals surface area contributed by atoms with Crippen LogP contribution in [0.4, 0.5) is 0 Å². The molecule has 3 N–H and O–H groups in total. The number of aliphatic hydroxyl groups is 1. The molecule has 0 fully saturated rings. The minimum Gasteiger partial charge on any atom is -0.491 e. The van der Waals surface area contributed by atoms with Crippen molar-refractivity contribution in [2.45, 2.75) is 99.2 Å². The molecule has 218 valence electrons. The zero-order valence-electron chi connectivity index (χ0n) is 25.6. The Balaban J connectivity index is 0.00000260. The fraction of sp³-hybridized carbons (Fsp3) is 0.606. The molecule has 0 radical (unpaired) electrons. The summed E-state index contributed by atoms with van der Waals surface area (Å²) >= 11 is 0. The molecule has 0 saturated carbocycles. The van der Waals surface area contributed by atoms with Crippen molar-refractivity contribution in [1.29, 1.82) is 0 Å². The third kappa shape index (κ3) is 8.21. The van der Waals surface area contributed by atoms with E-state index >= 15 is 0 Å². The van der Waals surface area contributed by atoms with Gasteiger partial charge in [-0.05, 0) is 71.9 Å². The number of hydrogen-bond acceptors (Lipinski definition) is 5. The first kappa shape index (κ1) is 32.6. The SMILES string of the molecule is CC.CCC(CC)(C1=CC(C)CC2OC(CNCC(=O)O)=CC2=C1)c1ccc(OCC(O)C(C)(C)C)c(C)c1. The molecule has 3 unspecified atom stereocenters. The van der Waals surface area contributed by atoms with E-state index in [9.17, 15) is 9.90 Å². The van der Waals surface area contributed by atoms with E-state index in [4.69, 9.17) is 14.6 Å². The second-order valence-electron chi connectivity index (χ2n) is 11.7. The fourth-order valence-electron chi connectivity index (χ4n) is 5.27. The zero-order chi connectivity index (χ0) is 29.4. The topological polar surface area (TPSA) is 88.0 Å². The van der Waals surface area contributed by atoms with Gasteiger partial charge in [0.25, 0.3) is 0 Å². The van der Waals surface area contributed by atoms with Crippen LogP contribution >= 0.6 is 0 Å². The number of aliphatic carboxylic acids is 1. The highest BCUT2D eigenvalue weighted by Gasteiger charge is 2.36. The van der Waals surface area contributed by atoms with Gasteiger partial charge in [-0.1, -0.05) is 79.7 Å². The maximum atomic E-state index is 10.9. The van der Waals surface area contributed by atoms with Crippen LogP contribution < -0.4 is 10.1 Å². The van der Waals surface area contributed by atoms with Crippen LogP contribution in [-0.4, -0.2) is 48.1 Å². The van der Waals surface area contributed by atoms with Gasteiger partial charge in [0, 0.05) is 5.41 Å². The Hall–Kier alpha value is -2.57. The molecule has 1 heterocycles. The summed E-state index contributed by atoms with van der Waals surface area (Å²) in [4.78, 5) is 10.9. The highest BCUT2D eigenvalue weighted by molar-refractivity contribution is 5.69. The lowest BCUT2D eigenvalue weighted by atomic mass is 9.69. The Bertz CT molecular complexity index is 1060. The van der Waals surface area contributed by atoms with Crippen LogP contribution in [0.1, 0.15) is 85.8 Å². The molecule has 0 spiro atoms. The second kappa shape index (κ2) is 14.2. The zero-order valence-corrected chi connectivity index (χ0v) is 25.6. The van der Waals surface area contributed by atoms with Crippen LogP contribution in [0.15, 0.2) is 53.3 Å². The molecule has 6 nitrogen and oxygen atoms in total. The summed E-state index contributed by atoms with van der Waals surface area (Å²) in [5.41, 5.74) is 4.40. The number of allylic oxidation sites excluding steroid dienone is 3. The predicted molar refractivity (Wildman–Crippen MR) is 159 cm³/mol. The summed E-state index contributed by atoms with van der Waals surface area (Å²) in [6.07, 6.45) is 9.02. The number of carbonyl (C=O) groups is 1. The number of aliphatic hydroxyl groups excluding tert-OH is 1. The summed E-state index contributed by atoms with van der Waals surface area (Å²) in [5, 5.41) is 22.2. The summed E-state index contributed by atoms with van der Waals surface area (Å²) in [6, 6.07) is 6.45. The Labute approximate surface area is 236 Å². The maximum Gasteiger partial charge on any atom is 0.317 e. The Morgan fingerprint density at radius 1 is 1.18 bits per heavy atom. The summed E-state index contributed by atoms with van der Waals surface area (Å²) < 4.78 is 12.2. The average molecular weight is 542 g/mol. The third-order valence-electron chi connectivity index (χ3n) is 7.82. The lowest BCUT2D eigenvalue weighted by molar-refractivity contribution is -0.135. The molecular weight excluding hydrogens is 490 g/mol. The summed E-state index contributed by atoms with van der Waals surface area (Å²) in [6.45, 7) is 19.4. The number of carboxylic acids is 1. The average Bonchev–Trinajstić information content (AvgIpc) is 3.17. The monoisotopic (exact) mass is 541 g/mol. The molecule has 1 aliphatic heterocycles. The van der Waals surface area contributed by atoms with E-state index in [0.29, 0.717) is 12.5 Å². The molecule has 1 aliphatic carbocycles. The molecule has 0 saturated heterocycles. The van der Waals surface area contributed by atoms with Crippen molar-refractivity contribution in [2.75, 3.05) is 19.7 Å². The van der Waals surface area contributed by atoms with Gasteiger partial charge in [-0.15, -0.1) is 0 Å². The van der Waals surface area contributed by atoms with Gasteiger partial charge in [-0.3, -0.25) is 10.1 Å². The minimum absolute atomic E-state index is 0.0106. The largest absolute Gasteiger partial charge is 0.491 e. The van der Waals surface area contributed by atoms with Crippen molar-refractivity contribution >= 4 is 5.97 Å². The van der Waals surface area contributed by atoms with Crippen molar-refractivity contribution in [2.24, 2.45) is 11.3 Å². The van der Waals surface area contributed by atoms with Gasteiger partial charge in [-0.2, -0.15) is 0 Å². The van der Waals surface area contributed by atoms with Gasteiger partial charge in [0.1, 0.15) is 24.2 Å². The minimum atomic E-state index is -0.876. The standard InChI is InChI=1S/C31H45NO5.C2H6/c1-8-31(9-2,23-10-11-26(21(4)14-23)36-19-28(33)30(5,6)7)24-12-20(3)13-27-22(15-24)16-25(37-27)17-32-18-29(34)35;1-2/h10-12,14-16,20,27-28,32-33H,8-9,13,17-19H2,1-7H3,(H,34,35);1-2H3. The Morgan fingerprint density at radius 3 is 2.41 bits per heavy atom. The van der Waals surface area contributed by atoms with Crippen molar-refractivity contribution in [3.05, 3.63) is 64.5 Å². The highest BCUT2D eigenvalue weighted by atomic mass is 16.5. The number of aryl methyl sites for hydroxylation is 1. The molecule has 0 amide bonds. The van der Waals surface area contributed by atoms with Gasteiger partial charge in [-0.25, -0.2) is 0 Å². The molecule has 0 bridgehead atoms. The van der Waals surface area contributed by atoms with E-state index in [1.165, 1.54) is 11.1 Å². The molecule has 2 aliphatic rings. The van der Waals surface area contributed by atoms with Crippen LogP contribution in [-0.2, 0) is 14.9 Å². The molecule has 1 aromatic rings. The van der Waals surface area contributed by atoms with Crippen LogP contribution in [0.2, 0.25) is 0 Å². The normalized spacial score (nSPS) is 19.8. The van der Waals surface area contributed by atoms with Crippen molar-refractivity contribution < 1.29 is 24.5 Å². The van der Waals surface area contributed by atoms with Gasteiger partial charge in [0.15, 0.2) is 0 Å². The van der Waals surface area contributed by atoms with Crippen molar-refractivity contribution in [1.82, 2.24) is 5.32 Å². The van der Waals surface area contributed by atoms with Gasteiger partial charge in [0.05, 0.1) is 19.2 Å². The molecule has 0 aromatic heterocycles. The lowest BCUT2D eigenvalue weighted by Crippen LogP contribution is -2.32. The highest BCUT2D eigenvalue weighted by Crippen LogP contribution is 2.45. The summed E-state index contributed by atoms with van der Waals surface area (Å²) in [5.74, 6) is 1.06. The first-order chi connectivity index (χ1) is 18.4. The number of hydrogen-bond donors (Lipinski definition) is 3. The molecule has 3 rings (SSSR count). The second-order valence-corrected chi connectivity index (χ2v) is 11.7. The maximum absolute atomic E-state index is 10.9. The third-order valence-corrected chi connectivity index (χ3v) is 7.82. The number of rotatable bonds is 11. The smallest absolute Gasteiger partial charge is 0.317 e. The van der Waals surface area contributed by atoms with Crippen LogP contribution in [0.3, 0.4) is 0 Å². The first-order valence-electron chi connectivity index (χ1n) is 14.5. The molecule has 6 heteroatoms. The quantitative estimate of drug-likeness (QED) is 0.288. The Kier molecular flexibility index (Phi) is 11.9. The fourth-order valence-corrected chi connectivity index (χ4v) is 5.27. The van der Waals surface area contributed by atoms with Crippen molar-refractivity contribution in [3.63, 3.8) is 0 Å². The number of benzene rings is 1. The summed E-state index contributed by atoms with van der Waals surface area (Å²) in [7, 11) is 0. The Morgan fingerprint density at radius 2 is 1.85 bits per heavy atom. The van der Waals surface area contributed by atoms with E-state index in [-0.39, 0.29) is 30.1 Å². The number of nitrogens with one attached hydrogen (secondary N) is 1. The van der Waals surface area contributed by atoms with Gasteiger partial charge >= 0.3 is 5.97 Å². The first-order valence-corrected chi connectivity index (χ1v) is 14.5.